The predicted octanol–water partition coefficient (Wildman–Crippen LogP) is 4.40. The zero-order valence-corrected chi connectivity index (χ0v) is 16.3. The molecule has 0 saturated carbocycles. The van der Waals surface area contributed by atoms with Gasteiger partial charge in [0.15, 0.2) is 11.5 Å². The fourth-order valence-corrected chi connectivity index (χ4v) is 2.94. The SMILES string of the molecule is CC(=O)c1cccc(NC(=O)c2nc3nc(-c4ccc(F)cc4)cc(C(F)(F)F)n3n2)c1. The van der Waals surface area contributed by atoms with Crippen LogP contribution in [0.5, 0.6) is 0 Å². The fourth-order valence-electron chi connectivity index (χ4n) is 2.94. The lowest BCUT2D eigenvalue weighted by Gasteiger charge is -2.10. The Hall–Kier alpha value is -4.15. The van der Waals surface area contributed by atoms with Crippen molar-refractivity contribution < 1.29 is 27.2 Å². The van der Waals surface area contributed by atoms with Gasteiger partial charge in [0.05, 0.1) is 5.69 Å². The van der Waals surface area contributed by atoms with E-state index in [0.29, 0.717) is 10.1 Å². The summed E-state index contributed by atoms with van der Waals surface area (Å²) in [5, 5.41) is 6.11. The number of nitrogens with zero attached hydrogens (tertiary/aromatic N) is 4. The highest BCUT2D eigenvalue weighted by Gasteiger charge is 2.36. The molecule has 0 aliphatic heterocycles. The maximum absolute atomic E-state index is 13.6. The van der Waals surface area contributed by atoms with Crippen LogP contribution in [0.15, 0.2) is 54.6 Å². The molecule has 0 aliphatic rings. The number of carbonyl (C=O) groups is 2. The van der Waals surface area contributed by atoms with E-state index < -0.39 is 35.2 Å². The number of fused-ring (bicyclic) bond motifs is 1. The number of hydrogen-bond donors (Lipinski definition) is 1. The molecule has 0 saturated heterocycles. The van der Waals surface area contributed by atoms with Crippen LogP contribution < -0.4 is 5.32 Å². The first-order valence-corrected chi connectivity index (χ1v) is 9.15. The first-order chi connectivity index (χ1) is 15.1. The van der Waals surface area contributed by atoms with Gasteiger partial charge in [-0.05, 0) is 49.4 Å². The molecule has 1 amide bonds. The molecule has 0 atom stereocenters. The zero-order chi connectivity index (χ0) is 23.0. The maximum Gasteiger partial charge on any atom is 0.433 e. The fraction of sp³-hybridized carbons (Fsp3) is 0.0952. The summed E-state index contributed by atoms with van der Waals surface area (Å²) < 4.78 is 54.5. The minimum atomic E-state index is -4.83. The number of amides is 1. The van der Waals surface area contributed by atoms with Crippen LogP contribution in [0.25, 0.3) is 17.0 Å². The van der Waals surface area contributed by atoms with Crippen molar-refractivity contribution in [2.75, 3.05) is 5.32 Å². The Morgan fingerprint density at radius 3 is 2.38 bits per heavy atom. The molecule has 2 aromatic heterocycles. The molecule has 0 aliphatic carbocycles. The lowest BCUT2D eigenvalue weighted by Crippen LogP contribution is -2.16. The van der Waals surface area contributed by atoms with Crippen LogP contribution in [0.2, 0.25) is 0 Å². The van der Waals surface area contributed by atoms with Gasteiger partial charge in [0, 0.05) is 16.8 Å². The highest BCUT2D eigenvalue weighted by atomic mass is 19.4. The highest BCUT2D eigenvalue weighted by Crippen LogP contribution is 2.32. The van der Waals surface area contributed by atoms with Crippen molar-refractivity contribution in [2.45, 2.75) is 13.1 Å². The molecule has 0 unspecified atom stereocenters. The van der Waals surface area contributed by atoms with Crippen molar-refractivity contribution >= 4 is 23.2 Å². The molecule has 0 spiro atoms. The zero-order valence-electron chi connectivity index (χ0n) is 16.3. The summed E-state index contributed by atoms with van der Waals surface area (Å²) in [4.78, 5) is 31.9. The number of alkyl halides is 3. The second-order valence-electron chi connectivity index (χ2n) is 6.77. The highest BCUT2D eigenvalue weighted by molar-refractivity contribution is 6.03. The number of anilines is 1. The van der Waals surface area contributed by atoms with Crippen LogP contribution >= 0.6 is 0 Å². The smallest absolute Gasteiger partial charge is 0.319 e. The van der Waals surface area contributed by atoms with E-state index in [1.54, 1.807) is 12.1 Å². The summed E-state index contributed by atoms with van der Waals surface area (Å²) in [7, 11) is 0. The molecule has 0 bridgehead atoms. The molecule has 1 N–H and O–H groups in total. The third-order valence-electron chi connectivity index (χ3n) is 4.47. The Morgan fingerprint density at radius 1 is 1.00 bits per heavy atom. The van der Waals surface area contributed by atoms with E-state index in [-0.39, 0.29) is 22.7 Å². The van der Waals surface area contributed by atoms with Crippen molar-refractivity contribution in [2.24, 2.45) is 0 Å². The maximum atomic E-state index is 13.6. The molecule has 4 rings (SSSR count). The molecule has 2 heterocycles. The van der Waals surface area contributed by atoms with Gasteiger partial charge in [-0.1, -0.05) is 12.1 Å². The minimum absolute atomic E-state index is 0.113. The molecule has 4 aromatic rings. The second kappa shape index (κ2) is 7.84. The molecular formula is C21H13F4N5O2. The normalized spacial score (nSPS) is 11.5. The van der Waals surface area contributed by atoms with Crippen LogP contribution in [0.3, 0.4) is 0 Å². The quantitative estimate of drug-likeness (QED) is 0.373. The summed E-state index contributed by atoms with van der Waals surface area (Å²) in [6, 6.07) is 11.5. The Balaban J connectivity index is 1.75. The summed E-state index contributed by atoms with van der Waals surface area (Å²) in [6.45, 7) is 1.35. The van der Waals surface area contributed by atoms with Gasteiger partial charge in [-0.2, -0.15) is 22.7 Å². The molecule has 32 heavy (non-hydrogen) atoms. The standard InChI is InChI=1S/C21H13F4N5O2/c1-11(31)13-3-2-4-15(9-13)26-19(32)18-28-20-27-16(12-5-7-14(22)8-6-12)10-17(21(23,24)25)30(20)29-18/h2-10H,1H3,(H,26,32). The molecule has 7 nitrogen and oxygen atoms in total. The van der Waals surface area contributed by atoms with Gasteiger partial charge in [0.1, 0.15) is 5.82 Å². The van der Waals surface area contributed by atoms with Crippen molar-refractivity contribution in [3.63, 3.8) is 0 Å². The third-order valence-corrected chi connectivity index (χ3v) is 4.47. The van der Waals surface area contributed by atoms with Crippen LogP contribution in [-0.2, 0) is 6.18 Å². The summed E-state index contributed by atoms with van der Waals surface area (Å²) >= 11 is 0. The largest absolute Gasteiger partial charge is 0.433 e. The topological polar surface area (TPSA) is 89.2 Å². The third kappa shape index (κ3) is 4.17. The number of rotatable bonds is 4. The number of halogens is 4. The summed E-state index contributed by atoms with van der Waals surface area (Å²) in [6.07, 6.45) is -4.83. The van der Waals surface area contributed by atoms with Crippen molar-refractivity contribution in [3.05, 3.63) is 77.5 Å². The van der Waals surface area contributed by atoms with Crippen molar-refractivity contribution in [1.82, 2.24) is 19.6 Å². The summed E-state index contributed by atoms with van der Waals surface area (Å²) in [5.41, 5.74) is -0.493. The monoisotopic (exact) mass is 443 g/mol. The summed E-state index contributed by atoms with van der Waals surface area (Å²) in [5.74, 6) is -2.66. The molecule has 162 valence electrons. The van der Waals surface area contributed by atoms with Gasteiger partial charge in [-0.15, -0.1) is 5.10 Å². The first kappa shape index (κ1) is 21.1. The first-order valence-electron chi connectivity index (χ1n) is 9.15. The number of aromatic nitrogens is 4. The van der Waals surface area contributed by atoms with Crippen LogP contribution in [0.4, 0.5) is 23.2 Å². The van der Waals surface area contributed by atoms with Gasteiger partial charge in [0.2, 0.25) is 5.82 Å². The lowest BCUT2D eigenvalue weighted by atomic mass is 10.1. The Kier molecular flexibility index (Phi) is 5.17. The van der Waals surface area contributed by atoms with E-state index in [0.717, 1.165) is 18.2 Å². The van der Waals surface area contributed by atoms with Gasteiger partial charge >= 0.3 is 6.18 Å². The van der Waals surface area contributed by atoms with Gasteiger partial charge in [0.25, 0.3) is 11.7 Å². The molecule has 11 heteroatoms. The van der Waals surface area contributed by atoms with Gasteiger partial charge < -0.3 is 5.32 Å². The van der Waals surface area contributed by atoms with Crippen LogP contribution in [-0.4, -0.2) is 31.3 Å². The average molecular weight is 443 g/mol. The lowest BCUT2D eigenvalue weighted by molar-refractivity contribution is -0.142. The number of carbonyl (C=O) groups excluding carboxylic acids is 2. The molecule has 0 radical (unpaired) electrons. The van der Waals surface area contributed by atoms with Crippen molar-refractivity contribution in [3.8, 4) is 11.3 Å². The van der Waals surface area contributed by atoms with E-state index in [1.807, 2.05) is 0 Å². The molecule has 0 fully saturated rings. The Labute approximate surface area is 177 Å². The number of nitrogens with one attached hydrogen (secondary N) is 1. The minimum Gasteiger partial charge on any atom is -0.319 e. The Bertz CT molecular complexity index is 1350. The van der Waals surface area contributed by atoms with E-state index in [4.69, 9.17) is 0 Å². The van der Waals surface area contributed by atoms with Crippen LogP contribution in [0, 0.1) is 5.82 Å². The van der Waals surface area contributed by atoms with Crippen molar-refractivity contribution in [1.29, 1.82) is 0 Å². The van der Waals surface area contributed by atoms with Gasteiger partial charge in [-0.3, -0.25) is 9.59 Å². The van der Waals surface area contributed by atoms with Crippen LogP contribution in [0.1, 0.15) is 33.6 Å². The number of hydrogen-bond acceptors (Lipinski definition) is 5. The average Bonchev–Trinajstić information content (AvgIpc) is 3.17. The number of benzene rings is 2. The Morgan fingerprint density at radius 2 is 1.72 bits per heavy atom. The predicted molar refractivity (Wildman–Crippen MR) is 106 cm³/mol. The molecular weight excluding hydrogens is 430 g/mol. The number of Topliss-reactive ketones (excluding diaryl/α,β-unsaturated/α-hetero) is 1. The number of ketones is 1. The van der Waals surface area contributed by atoms with E-state index in [9.17, 15) is 27.2 Å². The molecule has 2 aromatic carbocycles. The van der Waals surface area contributed by atoms with E-state index >= 15 is 0 Å². The van der Waals surface area contributed by atoms with E-state index in [2.05, 4.69) is 20.4 Å². The van der Waals surface area contributed by atoms with E-state index in [1.165, 1.54) is 31.2 Å². The second-order valence-corrected chi connectivity index (χ2v) is 6.77. The van der Waals surface area contributed by atoms with Gasteiger partial charge in [-0.25, -0.2) is 9.37 Å².